The molecule has 0 aromatic rings. The third-order valence-corrected chi connectivity index (χ3v) is 2.34. The van der Waals surface area contributed by atoms with Crippen molar-refractivity contribution in [2.45, 2.75) is 32.1 Å². The van der Waals surface area contributed by atoms with Crippen molar-refractivity contribution in [1.29, 1.82) is 0 Å². The molecule has 1 saturated heterocycles. The van der Waals surface area contributed by atoms with Gasteiger partial charge in [-0.2, -0.15) is 0 Å². The predicted molar refractivity (Wildman–Crippen MR) is 44.5 cm³/mol. The fourth-order valence-corrected chi connectivity index (χ4v) is 1.64. The maximum atomic E-state index is 8.64. The second-order valence-corrected chi connectivity index (χ2v) is 3.28. The molecule has 0 aliphatic carbocycles. The molecule has 1 N–H and O–H groups in total. The number of hydrogen-bond donors (Lipinski definition) is 1. The quantitative estimate of drug-likeness (QED) is 0.675. The average molecular weight is 158 g/mol. The van der Waals surface area contributed by atoms with Crippen LogP contribution in [-0.2, 0) is 4.74 Å². The first-order valence-electron chi connectivity index (χ1n) is 4.62. The summed E-state index contributed by atoms with van der Waals surface area (Å²) in [7, 11) is 0. The number of aliphatic hydroxyl groups excluding tert-OH is 1. The minimum Gasteiger partial charge on any atom is -0.396 e. The van der Waals surface area contributed by atoms with E-state index in [1.54, 1.807) is 0 Å². The molecule has 1 rings (SSSR count). The molecule has 1 heterocycles. The molecule has 2 nitrogen and oxygen atoms in total. The average Bonchev–Trinajstić information content (AvgIpc) is 2.28. The van der Waals surface area contributed by atoms with E-state index in [1.165, 1.54) is 25.7 Å². The summed E-state index contributed by atoms with van der Waals surface area (Å²) in [4.78, 5) is 0. The Morgan fingerprint density at radius 1 is 1.27 bits per heavy atom. The van der Waals surface area contributed by atoms with Crippen molar-refractivity contribution in [3.63, 3.8) is 0 Å². The summed E-state index contributed by atoms with van der Waals surface area (Å²) in [5.74, 6) is 0.810. The molecular formula is C9H18O2. The highest BCUT2D eigenvalue weighted by atomic mass is 16.5. The van der Waals surface area contributed by atoms with Crippen LogP contribution in [0.5, 0.6) is 0 Å². The topological polar surface area (TPSA) is 29.5 Å². The molecule has 1 aliphatic heterocycles. The van der Waals surface area contributed by atoms with Crippen LogP contribution in [0.1, 0.15) is 32.1 Å². The van der Waals surface area contributed by atoms with Gasteiger partial charge < -0.3 is 9.84 Å². The van der Waals surface area contributed by atoms with E-state index in [-0.39, 0.29) is 0 Å². The molecule has 0 amide bonds. The van der Waals surface area contributed by atoms with E-state index in [2.05, 4.69) is 0 Å². The fourth-order valence-electron chi connectivity index (χ4n) is 1.64. The first-order chi connectivity index (χ1) is 5.43. The van der Waals surface area contributed by atoms with E-state index in [0.29, 0.717) is 6.61 Å². The number of ether oxygens (including phenoxy) is 1. The van der Waals surface area contributed by atoms with E-state index < -0.39 is 0 Å². The zero-order valence-corrected chi connectivity index (χ0v) is 7.09. The zero-order valence-electron chi connectivity index (χ0n) is 7.09. The Kier molecular flexibility index (Phi) is 4.55. The summed E-state index contributed by atoms with van der Waals surface area (Å²) in [6.07, 6.45) is 5.83. The van der Waals surface area contributed by atoms with Crippen molar-refractivity contribution in [1.82, 2.24) is 0 Å². The van der Waals surface area contributed by atoms with Crippen molar-refractivity contribution in [2.75, 3.05) is 19.8 Å². The summed E-state index contributed by atoms with van der Waals surface area (Å²) in [5, 5.41) is 8.64. The minimum absolute atomic E-state index is 0.345. The molecule has 0 aromatic heterocycles. The van der Waals surface area contributed by atoms with Gasteiger partial charge in [-0.15, -0.1) is 0 Å². The molecule has 0 bridgehead atoms. The maximum Gasteiger partial charge on any atom is 0.0468 e. The maximum absolute atomic E-state index is 8.64. The van der Waals surface area contributed by atoms with Crippen LogP contribution >= 0.6 is 0 Å². The van der Waals surface area contributed by atoms with E-state index in [4.69, 9.17) is 9.84 Å². The van der Waals surface area contributed by atoms with Crippen LogP contribution in [0.25, 0.3) is 0 Å². The second kappa shape index (κ2) is 5.56. The van der Waals surface area contributed by atoms with Crippen molar-refractivity contribution >= 4 is 0 Å². The molecule has 2 heteroatoms. The van der Waals surface area contributed by atoms with E-state index >= 15 is 0 Å². The van der Waals surface area contributed by atoms with Gasteiger partial charge in [0.25, 0.3) is 0 Å². The van der Waals surface area contributed by atoms with Gasteiger partial charge in [0.15, 0.2) is 0 Å². The van der Waals surface area contributed by atoms with Gasteiger partial charge in [0, 0.05) is 19.8 Å². The van der Waals surface area contributed by atoms with Crippen LogP contribution < -0.4 is 0 Å². The number of rotatable bonds is 3. The Hall–Kier alpha value is -0.0800. The van der Waals surface area contributed by atoms with Gasteiger partial charge in [-0.05, 0) is 38.0 Å². The molecule has 1 unspecified atom stereocenters. The highest BCUT2D eigenvalue weighted by Gasteiger charge is 2.11. The lowest BCUT2D eigenvalue weighted by Gasteiger charge is -2.10. The molecule has 0 radical (unpaired) electrons. The number of hydrogen-bond acceptors (Lipinski definition) is 2. The SMILES string of the molecule is OCCCC1CCCOCC1. The lowest BCUT2D eigenvalue weighted by molar-refractivity contribution is 0.140. The smallest absolute Gasteiger partial charge is 0.0468 e. The summed E-state index contributed by atoms with van der Waals surface area (Å²) < 4.78 is 5.34. The second-order valence-electron chi connectivity index (χ2n) is 3.28. The first-order valence-corrected chi connectivity index (χ1v) is 4.62. The largest absolute Gasteiger partial charge is 0.396 e. The molecule has 1 atom stereocenters. The van der Waals surface area contributed by atoms with Gasteiger partial charge in [-0.1, -0.05) is 0 Å². The van der Waals surface area contributed by atoms with E-state index in [0.717, 1.165) is 25.6 Å². The lowest BCUT2D eigenvalue weighted by Crippen LogP contribution is -2.01. The third-order valence-electron chi connectivity index (χ3n) is 2.34. The Labute approximate surface area is 68.6 Å². The third kappa shape index (κ3) is 3.73. The van der Waals surface area contributed by atoms with E-state index in [9.17, 15) is 0 Å². The Morgan fingerprint density at radius 2 is 2.18 bits per heavy atom. The van der Waals surface area contributed by atoms with Gasteiger partial charge in [-0.25, -0.2) is 0 Å². The summed E-state index contributed by atoms with van der Waals surface area (Å²) >= 11 is 0. The number of aliphatic hydroxyl groups is 1. The molecule has 11 heavy (non-hydrogen) atoms. The first kappa shape index (κ1) is 9.01. The summed E-state index contributed by atoms with van der Waals surface area (Å²) in [5.41, 5.74) is 0. The van der Waals surface area contributed by atoms with Gasteiger partial charge in [0.05, 0.1) is 0 Å². The van der Waals surface area contributed by atoms with Gasteiger partial charge in [0.1, 0.15) is 0 Å². The van der Waals surface area contributed by atoms with Crippen molar-refractivity contribution in [2.24, 2.45) is 5.92 Å². The molecular weight excluding hydrogens is 140 g/mol. The highest BCUT2D eigenvalue weighted by molar-refractivity contribution is 4.62. The molecule has 0 spiro atoms. The van der Waals surface area contributed by atoms with Crippen LogP contribution in [-0.4, -0.2) is 24.9 Å². The van der Waals surface area contributed by atoms with Gasteiger partial charge in [-0.3, -0.25) is 0 Å². The van der Waals surface area contributed by atoms with Crippen LogP contribution in [0.15, 0.2) is 0 Å². The summed E-state index contributed by atoms with van der Waals surface area (Å²) in [6, 6.07) is 0. The Balaban J connectivity index is 2.09. The zero-order chi connectivity index (χ0) is 7.94. The fraction of sp³-hybridized carbons (Fsp3) is 1.00. The monoisotopic (exact) mass is 158 g/mol. The highest BCUT2D eigenvalue weighted by Crippen LogP contribution is 2.20. The molecule has 1 fully saturated rings. The molecule has 1 aliphatic rings. The summed E-state index contributed by atoms with van der Waals surface area (Å²) in [6.45, 7) is 2.21. The molecule has 66 valence electrons. The van der Waals surface area contributed by atoms with Crippen LogP contribution in [0.2, 0.25) is 0 Å². The van der Waals surface area contributed by atoms with Gasteiger partial charge in [0.2, 0.25) is 0 Å². The predicted octanol–water partition coefficient (Wildman–Crippen LogP) is 1.58. The van der Waals surface area contributed by atoms with Crippen LogP contribution in [0.4, 0.5) is 0 Å². The lowest BCUT2D eigenvalue weighted by atomic mass is 9.96. The van der Waals surface area contributed by atoms with Crippen LogP contribution in [0.3, 0.4) is 0 Å². The Morgan fingerprint density at radius 3 is 3.00 bits per heavy atom. The molecule has 0 saturated carbocycles. The standard InChI is InChI=1S/C9H18O2/c10-6-1-3-9-4-2-7-11-8-5-9/h9-10H,1-8H2. The Bertz CT molecular complexity index is 85.6. The van der Waals surface area contributed by atoms with Gasteiger partial charge >= 0.3 is 0 Å². The van der Waals surface area contributed by atoms with Crippen molar-refractivity contribution < 1.29 is 9.84 Å². The van der Waals surface area contributed by atoms with Crippen LogP contribution in [0, 0.1) is 5.92 Å². The van der Waals surface area contributed by atoms with Crippen molar-refractivity contribution in [3.8, 4) is 0 Å². The minimum atomic E-state index is 0.345. The normalized spacial score (nSPS) is 26.5. The van der Waals surface area contributed by atoms with E-state index in [1.807, 2.05) is 0 Å². The van der Waals surface area contributed by atoms with Crippen molar-refractivity contribution in [3.05, 3.63) is 0 Å². The molecule has 0 aromatic carbocycles.